The Kier molecular flexibility index (Phi) is 5.41. The Morgan fingerprint density at radius 1 is 1.15 bits per heavy atom. The van der Waals surface area contributed by atoms with Crippen molar-refractivity contribution in [3.8, 4) is 5.75 Å². The van der Waals surface area contributed by atoms with Crippen molar-refractivity contribution in [2.75, 3.05) is 11.9 Å². The molecule has 0 saturated carbocycles. The Labute approximate surface area is 161 Å². The number of nitrogens with one attached hydrogen (secondary N) is 1. The molecule has 1 aromatic heterocycles. The zero-order valence-electron chi connectivity index (χ0n) is 14.6. The van der Waals surface area contributed by atoms with Crippen molar-refractivity contribution in [1.29, 1.82) is 0 Å². The second-order valence-corrected chi connectivity index (χ2v) is 7.21. The fourth-order valence-electron chi connectivity index (χ4n) is 2.80. The summed E-state index contributed by atoms with van der Waals surface area (Å²) in [6.45, 7) is 1.24. The number of carbonyl (C=O) groups is 1. The smallest absolute Gasteiger partial charge is 0.257 e. The first kappa shape index (κ1) is 17.6. The average Bonchev–Trinajstić information content (AvgIpc) is 3.39. The number of benzene rings is 2. The first-order valence-corrected chi connectivity index (χ1v) is 9.63. The van der Waals surface area contributed by atoms with Crippen LogP contribution in [0.15, 0.2) is 54.6 Å². The van der Waals surface area contributed by atoms with Gasteiger partial charge < -0.3 is 9.47 Å². The standard InChI is InChI=1S/C20H19N3O3S/c24-18(21-20-23-22-19(27-20)17-7-4-12-25-17)15-8-10-16(11-9-15)26-13-14-5-2-1-3-6-14/h1-3,5-6,8-11,17H,4,7,12-13H2,(H,21,23,24). The molecule has 1 atom stereocenters. The van der Waals surface area contributed by atoms with Crippen molar-refractivity contribution in [3.05, 3.63) is 70.7 Å². The highest BCUT2D eigenvalue weighted by molar-refractivity contribution is 7.15. The number of aromatic nitrogens is 2. The van der Waals surface area contributed by atoms with Crippen LogP contribution in [0.5, 0.6) is 5.75 Å². The van der Waals surface area contributed by atoms with E-state index in [9.17, 15) is 4.79 Å². The van der Waals surface area contributed by atoms with Crippen LogP contribution in [0.2, 0.25) is 0 Å². The quantitative estimate of drug-likeness (QED) is 0.692. The van der Waals surface area contributed by atoms with Crippen LogP contribution in [0.1, 0.15) is 39.9 Å². The van der Waals surface area contributed by atoms with Crippen LogP contribution in [-0.4, -0.2) is 22.7 Å². The average molecular weight is 381 g/mol. The van der Waals surface area contributed by atoms with Crippen molar-refractivity contribution in [2.45, 2.75) is 25.6 Å². The third-order valence-electron chi connectivity index (χ3n) is 4.23. The predicted octanol–water partition coefficient (Wildman–Crippen LogP) is 4.22. The maximum Gasteiger partial charge on any atom is 0.257 e. The normalized spacial score (nSPS) is 16.2. The van der Waals surface area contributed by atoms with Crippen LogP contribution >= 0.6 is 11.3 Å². The summed E-state index contributed by atoms with van der Waals surface area (Å²) in [4.78, 5) is 12.4. The molecular formula is C20H19N3O3S. The highest BCUT2D eigenvalue weighted by atomic mass is 32.1. The number of hydrogen-bond donors (Lipinski definition) is 1. The molecule has 1 fully saturated rings. The Bertz CT molecular complexity index is 890. The summed E-state index contributed by atoms with van der Waals surface area (Å²) in [7, 11) is 0. The second kappa shape index (κ2) is 8.28. The van der Waals surface area contributed by atoms with Crippen molar-refractivity contribution < 1.29 is 14.3 Å². The van der Waals surface area contributed by atoms with E-state index in [0.717, 1.165) is 30.0 Å². The molecule has 2 heterocycles. The van der Waals surface area contributed by atoms with Gasteiger partial charge in [0.05, 0.1) is 0 Å². The molecule has 1 amide bonds. The van der Waals surface area contributed by atoms with Crippen molar-refractivity contribution in [3.63, 3.8) is 0 Å². The Balaban J connectivity index is 1.33. The molecule has 0 radical (unpaired) electrons. The summed E-state index contributed by atoms with van der Waals surface area (Å²) in [5, 5.41) is 12.2. The number of anilines is 1. The lowest BCUT2D eigenvalue weighted by Crippen LogP contribution is -2.11. The zero-order chi connectivity index (χ0) is 18.5. The van der Waals surface area contributed by atoms with Crippen molar-refractivity contribution in [2.24, 2.45) is 0 Å². The lowest BCUT2D eigenvalue weighted by atomic mass is 10.2. The van der Waals surface area contributed by atoms with Crippen LogP contribution in [0.3, 0.4) is 0 Å². The van der Waals surface area contributed by atoms with Crippen LogP contribution in [0.25, 0.3) is 0 Å². The van der Waals surface area contributed by atoms with Crippen LogP contribution in [0, 0.1) is 0 Å². The highest BCUT2D eigenvalue weighted by Crippen LogP contribution is 2.32. The van der Waals surface area contributed by atoms with Gasteiger partial charge in [0, 0.05) is 12.2 Å². The summed E-state index contributed by atoms with van der Waals surface area (Å²) >= 11 is 1.36. The molecule has 1 saturated heterocycles. The van der Waals surface area contributed by atoms with E-state index in [-0.39, 0.29) is 12.0 Å². The van der Waals surface area contributed by atoms with E-state index >= 15 is 0 Å². The van der Waals surface area contributed by atoms with E-state index in [1.54, 1.807) is 24.3 Å². The van der Waals surface area contributed by atoms with Gasteiger partial charge in [-0.25, -0.2) is 0 Å². The van der Waals surface area contributed by atoms with Crippen LogP contribution in [0.4, 0.5) is 5.13 Å². The van der Waals surface area contributed by atoms with Crippen molar-refractivity contribution in [1.82, 2.24) is 10.2 Å². The Hall–Kier alpha value is -2.77. The van der Waals surface area contributed by atoms with Crippen LogP contribution < -0.4 is 10.1 Å². The number of carbonyl (C=O) groups excluding carboxylic acids is 1. The summed E-state index contributed by atoms with van der Waals surface area (Å²) in [5.41, 5.74) is 1.63. The van der Waals surface area contributed by atoms with E-state index in [1.807, 2.05) is 30.3 Å². The topological polar surface area (TPSA) is 73.3 Å². The SMILES string of the molecule is O=C(Nc1nnc(C2CCCO2)s1)c1ccc(OCc2ccccc2)cc1. The molecule has 3 aromatic rings. The number of nitrogens with zero attached hydrogens (tertiary/aromatic N) is 2. The molecule has 27 heavy (non-hydrogen) atoms. The molecule has 6 nitrogen and oxygen atoms in total. The molecule has 7 heteroatoms. The third kappa shape index (κ3) is 4.50. The van der Waals surface area contributed by atoms with Gasteiger partial charge in [-0.2, -0.15) is 0 Å². The molecule has 0 spiro atoms. The minimum Gasteiger partial charge on any atom is -0.489 e. The monoisotopic (exact) mass is 381 g/mol. The van der Waals surface area contributed by atoms with Gasteiger partial charge in [-0.15, -0.1) is 10.2 Å². The highest BCUT2D eigenvalue weighted by Gasteiger charge is 2.22. The zero-order valence-corrected chi connectivity index (χ0v) is 15.4. The van der Waals surface area contributed by atoms with Gasteiger partial charge >= 0.3 is 0 Å². The summed E-state index contributed by atoms with van der Waals surface area (Å²) in [5.74, 6) is 0.492. The second-order valence-electron chi connectivity index (χ2n) is 6.20. The molecule has 2 aromatic carbocycles. The summed E-state index contributed by atoms with van der Waals surface area (Å²) < 4.78 is 11.3. The largest absolute Gasteiger partial charge is 0.489 e. The lowest BCUT2D eigenvalue weighted by Gasteiger charge is -2.07. The molecular weight excluding hydrogens is 362 g/mol. The lowest BCUT2D eigenvalue weighted by molar-refractivity contribution is 0.102. The molecule has 4 rings (SSSR count). The summed E-state index contributed by atoms with van der Waals surface area (Å²) in [6, 6.07) is 17.0. The third-order valence-corrected chi connectivity index (χ3v) is 5.16. The van der Waals surface area contributed by atoms with Gasteiger partial charge in [-0.3, -0.25) is 10.1 Å². The number of ether oxygens (including phenoxy) is 2. The first-order valence-electron chi connectivity index (χ1n) is 8.81. The van der Waals surface area contributed by atoms with Gasteiger partial charge in [-0.05, 0) is 42.7 Å². The van der Waals surface area contributed by atoms with Gasteiger partial charge in [0.2, 0.25) is 5.13 Å². The molecule has 1 unspecified atom stereocenters. The number of rotatable bonds is 6. The molecule has 0 bridgehead atoms. The molecule has 1 N–H and O–H groups in total. The van der Waals surface area contributed by atoms with Crippen molar-refractivity contribution >= 4 is 22.4 Å². The number of amides is 1. The minimum absolute atomic E-state index is 0.00852. The summed E-state index contributed by atoms with van der Waals surface area (Å²) in [6.07, 6.45) is 1.99. The predicted molar refractivity (Wildman–Crippen MR) is 103 cm³/mol. The van der Waals surface area contributed by atoms with E-state index in [0.29, 0.717) is 23.1 Å². The van der Waals surface area contributed by atoms with E-state index in [4.69, 9.17) is 9.47 Å². The first-order chi connectivity index (χ1) is 13.3. The molecule has 1 aliphatic rings. The van der Waals surface area contributed by atoms with Gasteiger partial charge in [0.1, 0.15) is 23.5 Å². The Morgan fingerprint density at radius 3 is 2.70 bits per heavy atom. The fourth-order valence-corrected chi connectivity index (χ4v) is 3.62. The minimum atomic E-state index is -0.223. The number of hydrogen-bond acceptors (Lipinski definition) is 6. The van der Waals surface area contributed by atoms with Gasteiger partial charge in [0.15, 0.2) is 0 Å². The maximum atomic E-state index is 12.4. The molecule has 1 aliphatic heterocycles. The molecule has 0 aliphatic carbocycles. The van der Waals surface area contributed by atoms with Gasteiger partial charge in [0.25, 0.3) is 5.91 Å². The van der Waals surface area contributed by atoms with E-state index in [1.165, 1.54) is 11.3 Å². The van der Waals surface area contributed by atoms with E-state index < -0.39 is 0 Å². The van der Waals surface area contributed by atoms with Gasteiger partial charge in [-0.1, -0.05) is 41.7 Å². The fraction of sp³-hybridized carbons (Fsp3) is 0.250. The van der Waals surface area contributed by atoms with E-state index in [2.05, 4.69) is 15.5 Å². The maximum absolute atomic E-state index is 12.4. The molecule has 138 valence electrons. The van der Waals surface area contributed by atoms with Crippen LogP contribution in [-0.2, 0) is 11.3 Å². The Morgan fingerprint density at radius 2 is 1.96 bits per heavy atom.